The van der Waals surface area contributed by atoms with Gasteiger partial charge in [-0.3, -0.25) is 5.43 Å². The van der Waals surface area contributed by atoms with Crippen molar-refractivity contribution in [2.75, 3.05) is 5.43 Å². The summed E-state index contributed by atoms with van der Waals surface area (Å²) in [6.45, 7) is 0. The van der Waals surface area contributed by atoms with Gasteiger partial charge in [0.05, 0.1) is 21.3 Å². The van der Waals surface area contributed by atoms with Gasteiger partial charge in [-0.15, -0.1) is 0 Å². The van der Waals surface area contributed by atoms with Gasteiger partial charge in [0.1, 0.15) is 12.1 Å². The van der Waals surface area contributed by atoms with Crippen LogP contribution in [0.2, 0.25) is 10.0 Å². The number of hydrogen-bond donors (Lipinski definition) is 2. The second kappa shape index (κ2) is 5.87. The van der Waals surface area contributed by atoms with Crippen molar-refractivity contribution in [1.29, 1.82) is 10.5 Å². The van der Waals surface area contributed by atoms with Gasteiger partial charge in [-0.2, -0.15) is 15.6 Å². The lowest BCUT2D eigenvalue weighted by atomic mass is 10.2. The molecule has 0 saturated heterocycles. The summed E-state index contributed by atoms with van der Waals surface area (Å²) in [5.41, 5.74) is 1.86. The van der Waals surface area contributed by atoms with Crippen LogP contribution in [0.3, 0.4) is 0 Å². The Labute approximate surface area is 112 Å². The number of aromatic carboxylic acids is 1. The first-order valence-corrected chi connectivity index (χ1v) is 5.11. The Morgan fingerprint density at radius 2 is 1.89 bits per heavy atom. The Balaban J connectivity index is 3.16. The molecule has 0 aliphatic carbocycles. The minimum atomic E-state index is -1.23. The summed E-state index contributed by atoms with van der Waals surface area (Å²) >= 11 is 11.5. The Kier molecular flexibility index (Phi) is 4.50. The first kappa shape index (κ1) is 13.8. The van der Waals surface area contributed by atoms with E-state index in [9.17, 15) is 4.79 Å². The number of hydrazone groups is 1. The zero-order valence-corrected chi connectivity index (χ0v) is 10.1. The summed E-state index contributed by atoms with van der Waals surface area (Å²) in [6.07, 6.45) is 0. The van der Waals surface area contributed by atoms with Gasteiger partial charge in [-0.05, 0) is 12.1 Å². The zero-order valence-electron chi connectivity index (χ0n) is 8.61. The molecule has 1 aromatic rings. The summed E-state index contributed by atoms with van der Waals surface area (Å²) < 4.78 is 0. The van der Waals surface area contributed by atoms with Crippen molar-refractivity contribution < 1.29 is 9.90 Å². The second-order valence-electron chi connectivity index (χ2n) is 2.91. The Morgan fingerprint density at radius 3 is 2.39 bits per heavy atom. The molecule has 1 rings (SSSR count). The van der Waals surface area contributed by atoms with Crippen molar-refractivity contribution in [1.82, 2.24) is 0 Å². The van der Waals surface area contributed by atoms with Crippen molar-refractivity contribution in [2.24, 2.45) is 5.10 Å². The summed E-state index contributed by atoms with van der Waals surface area (Å²) in [5, 5.41) is 29.3. The molecular formula is C10H4Cl2N4O2. The molecule has 0 heterocycles. The van der Waals surface area contributed by atoms with Crippen molar-refractivity contribution in [2.45, 2.75) is 0 Å². The van der Waals surface area contributed by atoms with E-state index in [-0.39, 0.29) is 21.3 Å². The van der Waals surface area contributed by atoms with E-state index in [1.54, 1.807) is 0 Å². The summed E-state index contributed by atoms with van der Waals surface area (Å²) in [6, 6.07) is 5.44. The van der Waals surface area contributed by atoms with E-state index < -0.39 is 11.7 Å². The summed E-state index contributed by atoms with van der Waals surface area (Å²) in [5.74, 6) is -1.23. The SMILES string of the molecule is N#CC(C#N)=NNc1cc(C(=O)O)c(Cl)cc1Cl. The van der Waals surface area contributed by atoms with Gasteiger partial charge in [0.2, 0.25) is 5.71 Å². The largest absolute Gasteiger partial charge is 0.478 e. The Bertz CT molecular complexity index is 598. The minimum Gasteiger partial charge on any atom is -0.478 e. The van der Waals surface area contributed by atoms with Gasteiger partial charge in [0.15, 0.2) is 0 Å². The van der Waals surface area contributed by atoms with Crippen molar-refractivity contribution >= 4 is 40.6 Å². The highest BCUT2D eigenvalue weighted by Gasteiger charge is 2.12. The molecule has 0 radical (unpaired) electrons. The number of hydrogen-bond acceptors (Lipinski definition) is 5. The number of benzene rings is 1. The van der Waals surface area contributed by atoms with Gasteiger partial charge in [0, 0.05) is 0 Å². The molecule has 0 aliphatic rings. The quantitative estimate of drug-likeness (QED) is 0.654. The molecule has 0 fully saturated rings. The normalized spacial score (nSPS) is 8.89. The number of rotatable bonds is 3. The van der Waals surface area contributed by atoms with Crippen molar-refractivity contribution in [3.05, 3.63) is 27.7 Å². The number of halogens is 2. The van der Waals surface area contributed by atoms with Crippen LogP contribution >= 0.6 is 23.2 Å². The third-order valence-corrected chi connectivity index (χ3v) is 2.41. The van der Waals surface area contributed by atoms with Gasteiger partial charge >= 0.3 is 5.97 Å². The maximum absolute atomic E-state index is 10.8. The van der Waals surface area contributed by atoms with E-state index >= 15 is 0 Å². The number of nitrogens with zero attached hydrogens (tertiary/aromatic N) is 3. The maximum atomic E-state index is 10.8. The molecule has 0 atom stereocenters. The van der Waals surface area contributed by atoms with E-state index in [1.807, 2.05) is 0 Å². The fourth-order valence-corrected chi connectivity index (χ4v) is 1.50. The van der Waals surface area contributed by atoms with Crippen LogP contribution in [0.5, 0.6) is 0 Å². The Hall–Kier alpha value is -2.28. The van der Waals surface area contributed by atoms with Gasteiger partial charge in [0.25, 0.3) is 0 Å². The Morgan fingerprint density at radius 1 is 1.28 bits per heavy atom. The highest BCUT2D eigenvalue weighted by molar-refractivity contribution is 6.38. The van der Waals surface area contributed by atoms with E-state index in [0.29, 0.717) is 0 Å². The first-order valence-electron chi connectivity index (χ1n) is 4.35. The van der Waals surface area contributed by atoms with Crippen molar-refractivity contribution in [3.63, 3.8) is 0 Å². The molecule has 0 aromatic heterocycles. The molecule has 0 amide bonds. The molecule has 0 spiro atoms. The molecule has 0 aliphatic heterocycles. The maximum Gasteiger partial charge on any atom is 0.337 e. The fourth-order valence-electron chi connectivity index (χ4n) is 0.990. The molecule has 6 nitrogen and oxygen atoms in total. The minimum absolute atomic E-state index is 0.0252. The molecule has 18 heavy (non-hydrogen) atoms. The topological polar surface area (TPSA) is 109 Å². The first-order chi connectivity index (χ1) is 8.49. The van der Waals surface area contributed by atoms with Crippen LogP contribution in [0.4, 0.5) is 5.69 Å². The third-order valence-electron chi connectivity index (χ3n) is 1.79. The van der Waals surface area contributed by atoms with Gasteiger partial charge in [-0.1, -0.05) is 23.2 Å². The number of carboxylic acids is 1. The van der Waals surface area contributed by atoms with Crippen LogP contribution in [-0.2, 0) is 0 Å². The molecule has 8 heteroatoms. The molecule has 2 N–H and O–H groups in total. The number of carboxylic acid groups (broad SMARTS) is 1. The number of anilines is 1. The van der Waals surface area contributed by atoms with E-state index in [2.05, 4.69) is 10.5 Å². The average Bonchev–Trinajstić information content (AvgIpc) is 2.32. The lowest BCUT2D eigenvalue weighted by Crippen LogP contribution is -2.01. The standard InChI is InChI=1S/C10H4Cl2N4O2/c11-7-2-8(12)9(1-6(7)10(17)18)16-15-5(3-13)4-14/h1-2,16H,(H,17,18). The van der Waals surface area contributed by atoms with Crippen LogP contribution in [-0.4, -0.2) is 16.8 Å². The molecule has 0 unspecified atom stereocenters. The molecule has 0 bridgehead atoms. The molecule has 1 aromatic carbocycles. The van der Waals surface area contributed by atoms with Crippen molar-refractivity contribution in [3.8, 4) is 12.1 Å². The van der Waals surface area contributed by atoms with Crippen LogP contribution in [0, 0.1) is 22.7 Å². The van der Waals surface area contributed by atoms with Crippen LogP contribution in [0.25, 0.3) is 0 Å². The predicted octanol–water partition coefficient (Wildman–Crippen LogP) is 2.51. The number of nitrogens with one attached hydrogen (secondary N) is 1. The molecule has 0 saturated carbocycles. The third kappa shape index (κ3) is 3.11. The number of nitriles is 2. The molecular weight excluding hydrogens is 279 g/mol. The highest BCUT2D eigenvalue weighted by atomic mass is 35.5. The van der Waals surface area contributed by atoms with E-state index in [0.717, 1.165) is 6.07 Å². The monoisotopic (exact) mass is 282 g/mol. The van der Waals surface area contributed by atoms with Crippen LogP contribution in [0.1, 0.15) is 10.4 Å². The van der Waals surface area contributed by atoms with E-state index in [4.69, 9.17) is 38.8 Å². The van der Waals surface area contributed by atoms with Gasteiger partial charge in [-0.25, -0.2) is 4.79 Å². The predicted molar refractivity (Wildman–Crippen MR) is 65.7 cm³/mol. The number of carbonyl (C=O) groups is 1. The lowest BCUT2D eigenvalue weighted by Gasteiger charge is -2.06. The average molecular weight is 283 g/mol. The van der Waals surface area contributed by atoms with Crippen LogP contribution in [0.15, 0.2) is 17.2 Å². The van der Waals surface area contributed by atoms with E-state index in [1.165, 1.54) is 18.2 Å². The zero-order chi connectivity index (χ0) is 13.7. The smallest absolute Gasteiger partial charge is 0.337 e. The fraction of sp³-hybridized carbons (Fsp3) is 0. The second-order valence-corrected chi connectivity index (χ2v) is 3.73. The lowest BCUT2D eigenvalue weighted by molar-refractivity contribution is 0.0697. The summed E-state index contributed by atoms with van der Waals surface area (Å²) in [7, 11) is 0. The molecule has 90 valence electrons. The summed E-state index contributed by atoms with van der Waals surface area (Å²) in [4.78, 5) is 10.8. The van der Waals surface area contributed by atoms with Gasteiger partial charge < -0.3 is 5.11 Å². The highest BCUT2D eigenvalue weighted by Crippen LogP contribution is 2.29. The van der Waals surface area contributed by atoms with Crippen LogP contribution < -0.4 is 5.43 Å².